The molecule has 0 amide bonds. The van der Waals surface area contributed by atoms with E-state index in [9.17, 15) is 0 Å². The minimum absolute atomic E-state index is 0.544. The van der Waals surface area contributed by atoms with Crippen molar-refractivity contribution in [2.45, 2.75) is 57.8 Å². The molecule has 1 aromatic heterocycles. The number of hydrogen-bond donors (Lipinski definition) is 1. The topological polar surface area (TPSA) is 51.0 Å². The van der Waals surface area contributed by atoms with Gasteiger partial charge in [-0.2, -0.15) is 4.98 Å². The zero-order valence-corrected chi connectivity index (χ0v) is 11.9. The van der Waals surface area contributed by atoms with E-state index >= 15 is 0 Å². The molecule has 0 spiro atoms. The van der Waals surface area contributed by atoms with Crippen LogP contribution in [0.25, 0.3) is 0 Å². The third kappa shape index (κ3) is 3.16. The highest BCUT2D eigenvalue weighted by Gasteiger charge is 2.26. The second-order valence-electron chi connectivity index (χ2n) is 6.24. The largest absolute Gasteiger partial charge is 0.339 e. The Bertz CT molecular complexity index is 390. The van der Waals surface area contributed by atoms with E-state index in [1.165, 1.54) is 38.5 Å². The number of rotatable bonds is 4. The molecule has 1 aliphatic carbocycles. The van der Waals surface area contributed by atoms with Crippen LogP contribution < -0.4 is 5.32 Å². The van der Waals surface area contributed by atoms with Crippen LogP contribution in [0.15, 0.2) is 4.52 Å². The molecule has 106 valence electrons. The molecule has 1 N–H and O–H groups in total. The summed E-state index contributed by atoms with van der Waals surface area (Å²) in [5, 5.41) is 7.61. The van der Waals surface area contributed by atoms with Crippen molar-refractivity contribution in [2.24, 2.45) is 11.8 Å². The molecule has 4 heteroatoms. The quantitative estimate of drug-likeness (QED) is 0.907. The van der Waals surface area contributed by atoms with E-state index in [0.717, 1.165) is 37.1 Å². The summed E-state index contributed by atoms with van der Waals surface area (Å²) < 4.78 is 5.44. The predicted octanol–water partition coefficient (Wildman–Crippen LogP) is 2.91. The van der Waals surface area contributed by atoms with Crippen LogP contribution in [-0.2, 0) is 6.42 Å². The Hall–Kier alpha value is -0.900. The van der Waals surface area contributed by atoms with Gasteiger partial charge in [-0.05, 0) is 57.0 Å². The third-order valence-electron chi connectivity index (χ3n) is 4.90. The summed E-state index contributed by atoms with van der Waals surface area (Å²) in [4.78, 5) is 4.64. The van der Waals surface area contributed by atoms with Gasteiger partial charge in [0.25, 0.3) is 0 Å². The molecule has 0 aromatic carbocycles. The van der Waals surface area contributed by atoms with Gasteiger partial charge < -0.3 is 9.84 Å². The van der Waals surface area contributed by atoms with E-state index in [2.05, 4.69) is 22.4 Å². The number of nitrogens with one attached hydrogen (secondary N) is 1. The standard InChI is InChI=1S/C15H25N3O/c1-2-11-3-5-13(6-4-11)15-17-14(19-18-15)9-12-7-8-16-10-12/h11-13,16H,2-10H2,1H3. The lowest BCUT2D eigenvalue weighted by Crippen LogP contribution is -2.14. The van der Waals surface area contributed by atoms with Gasteiger partial charge in [0, 0.05) is 12.3 Å². The molecule has 1 aromatic rings. The van der Waals surface area contributed by atoms with Crippen LogP contribution >= 0.6 is 0 Å². The molecule has 3 rings (SSSR count). The maximum atomic E-state index is 5.44. The van der Waals surface area contributed by atoms with Gasteiger partial charge in [0.2, 0.25) is 5.89 Å². The van der Waals surface area contributed by atoms with E-state index in [4.69, 9.17) is 4.52 Å². The molecule has 0 radical (unpaired) electrons. The Balaban J connectivity index is 1.55. The Morgan fingerprint density at radius 2 is 2.00 bits per heavy atom. The minimum atomic E-state index is 0.544. The lowest BCUT2D eigenvalue weighted by atomic mass is 9.80. The van der Waals surface area contributed by atoms with Gasteiger partial charge >= 0.3 is 0 Å². The summed E-state index contributed by atoms with van der Waals surface area (Å²) in [5.74, 6) is 3.97. The molecule has 19 heavy (non-hydrogen) atoms. The van der Waals surface area contributed by atoms with E-state index in [-0.39, 0.29) is 0 Å². The number of nitrogens with zero attached hydrogens (tertiary/aromatic N) is 2. The first-order valence-electron chi connectivity index (χ1n) is 7.88. The summed E-state index contributed by atoms with van der Waals surface area (Å²) in [6, 6.07) is 0. The zero-order valence-electron chi connectivity index (χ0n) is 11.9. The monoisotopic (exact) mass is 263 g/mol. The second kappa shape index (κ2) is 6.04. The molecule has 1 unspecified atom stereocenters. The van der Waals surface area contributed by atoms with Crippen molar-refractivity contribution in [2.75, 3.05) is 13.1 Å². The highest BCUT2D eigenvalue weighted by molar-refractivity contribution is 4.98. The van der Waals surface area contributed by atoms with Crippen molar-refractivity contribution in [3.05, 3.63) is 11.7 Å². The second-order valence-corrected chi connectivity index (χ2v) is 6.24. The fourth-order valence-corrected chi connectivity index (χ4v) is 3.48. The lowest BCUT2D eigenvalue weighted by Gasteiger charge is -2.25. The van der Waals surface area contributed by atoms with Crippen molar-refractivity contribution in [3.8, 4) is 0 Å². The Morgan fingerprint density at radius 1 is 1.16 bits per heavy atom. The maximum Gasteiger partial charge on any atom is 0.226 e. The van der Waals surface area contributed by atoms with Crippen LogP contribution in [0.1, 0.15) is 63.1 Å². The van der Waals surface area contributed by atoms with Gasteiger partial charge in [-0.1, -0.05) is 18.5 Å². The summed E-state index contributed by atoms with van der Waals surface area (Å²) in [6.45, 7) is 4.53. The van der Waals surface area contributed by atoms with E-state index in [1.807, 2.05) is 0 Å². The van der Waals surface area contributed by atoms with Crippen molar-refractivity contribution in [1.29, 1.82) is 0 Å². The molecule has 1 aliphatic heterocycles. The van der Waals surface area contributed by atoms with Crippen LogP contribution in [0.3, 0.4) is 0 Å². The highest BCUT2D eigenvalue weighted by atomic mass is 16.5. The first-order chi connectivity index (χ1) is 9.35. The average molecular weight is 263 g/mol. The summed E-state index contributed by atoms with van der Waals surface area (Å²) in [6.07, 6.45) is 8.64. The predicted molar refractivity (Wildman–Crippen MR) is 74.0 cm³/mol. The van der Waals surface area contributed by atoms with Gasteiger partial charge in [0.05, 0.1) is 0 Å². The van der Waals surface area contributed by atoms with Crippen LogP contribution in [0.2, 0.25) is 0 Å². The molecule has 4 nitrogen and oxygen atoms in total. The fourth-order valence-electron chi connectivity index (χ4n) is 3.48. The highest BCUT2D eigenvalue weighted by Crippen LogP contribution is 2.35. The molecule has 0 bridgehead atoms. The number of hydrogen-bond acceptors (Lipinski definition) is 4. The molecule has 2 fully saturated rings. The van der Waals surface area contributed by atoms with Gasteiger partial charge in [-0.3, -0.25) is 0 Å². The zero-order chi connectivity index (χ0) is 13.1. The lowest BCUT2D eigenvalue weighted by molar-refractivity contribution is 0.301. The molecular weight excluding hydrogens is 238 g/mol. The molecule has 1 atom stereocenters. The van der Waals surface area contributed by atoms with Crippen molar-refractivity contribution in [3.63, 3.8) is 0 Å². The first kappa shape index (κ1) is 13.1. The summed E-state index contributed by atoms with van der Waals surface area (Å²) in [5.41, 5.74) is 0. The Kier molecular flexibility index (Phi) is 4.16. The van der Waals surface area contributed by atoms with Crippen LogP contribution in [0.5, 0.6) is 0 Å². The molecular formula is C15H25N3O. The molecule has 2 heterocycles. The van der Waals surface area contributed by atoms with Crippen molar-refractivity contribution < 1.29 is 4.52 Å². The van der Waals surface area contributed by atoms with Gasteiger partial charge in [-0.25, -0.2) is 0 Å². The minimum Gasteiger partial charge on any atom is -0.339 e. The fraction of sp³-hybridized carbons (Fsp3) is 0.867. The molecule has 1 saturated carbocycles. The van der Waals surface area contributed by atoms with Crippen LogP contribution in [0, 0.1) is 11.8 Å². The smallest absolute Gasteiger partial charge is 0.226 e. The van der Waals surface area contributed by atoms with Gasteiger partial charge in [0.1, 0.15) is 0 Å². The SMILES string of the molecule is CCC1CCC(c2noc(CC3CCNC3)n2)CC1. The summed E-state index contributed by atoms with van der Waals surface area (Å²) >= 11 is 0. The number of aromatic nitrogens is 2. The summed E-state index contributed by atoms with van der Waals surface area (Å²) in [7, 11) is 0. The van der Waals surface area contributed by atoms with E-state index in [1.54, 1.807) is 0 Å². The van der Waals surface area contributed by atoms with Crippen LogP contribution in [0.4, 0.5) is 0 Å². The molecule has 1 saturated heterocycles. The first-order valence-corrected chi connectivity index (χ1v) is 7.88. The Morgan fingerprint density at radius 3 is 2.68 bits per heavy atom. The van der Waals surface area contributed by atoms with E-state index in [0.29, 0.717) is 11.8 Å². The Labute approximate surface area is 115 Å². The molecule has 2 aliphatic rings. The van der Waals surface area contributed by atoms with Crippen molar-refractivity contribution >= 4 is 0 Å². The normalized spacial score (nSPS) is 31.7. The van der Waals surface area contributed by atoms with Gasteiger partial charge in [0.15, 0.2) is 5.82 Å². The van der Waals surface area contributed by atoms with Crippen LogP contribution in [-0.4, -0.2) is 23.2 Å². The van der Waals surface area contributed by atoms with Gasteiger partial charge in [-0.15, -0.1) is 0 Å². The van der Waals surface area contributed by atoms with E-state index < -0.39 is 0 Å². The maximum absolute atomic E-state index is 5.44. The average Bonchev–Trinajstić information content (AvgIpc) is 3.11. The third-order valence-corrected chi connectivity index (χ3v) is 4.90. The van der Waals surface area contributed by atoms with Crippen molar-refractivity contribution in [1.82, 2.24) is 15.5 Å².